The van der Waals surface area contributed by atoms with E-state index in [9.17, 15) is 9.59 Å². The van der Waals surface area contributed by atoms with Gasteiger partial charge in [-0.3, -0.25) is 4.79 Å². The van der Waals surface area contributed by atoms with Crippen LogP contribution in [-0.4, -0.2) is 53.1 Å². The van der Waals surface area contributed by atoms with Crippen LogP contribution in [0.15, 0.2) is 0 Å². The van der Waals surface area contributed by atoms with Gasteiger partial charge in [0.1, 0.15) is 0 Å². The maximum Gasteiger partial charge on any atom is 0.320 e. The molecule has 0 aromatic rings. The topological polar surface area (TPSA) is 60.9 Å². The number of carboxylic acids is 1. The number of rotatable bonds is 4. The normalized spacial score (nSPS) is 19.9. The zero-order valence-corrected chi connectivity index (χ0v) is 9.98. The van der Waals surface area contributed by atoms with Crippen molar-refractivity contribution in [1.82, 2.24) is 9.80 Å². The van der Waals surface area contributed by atoms with E-state index in [2.05, 4.69) is 6.92 Å². The molecule has 1 unspecified atom stereocenters. The smallest absolute Gasteiger partial charge is 0.320 e. The number of hydrogen-bond donors (Lipinski definition) is 1. The highest BCUT2D eigenvalue weighted by Crippen LogP contribution is 2.16. The van der Waals surface area contributed by atoms with Crippen molar-refractivity contribution < 1.29 is 14.7 Å². The molecule has 2 amide bonds. The number of carboxylic acid groups (broad SMARTS) is 1. The molecule has 1 atom stereocenters. The third-order valence-corrected chi connectivity index (χ3v) is 2.94. The van der Waals surface area contributed by atoms with Crippen molar-refractivity contribution >= 4 is 12.0 Å². The number of hydrogen-bond acceptors (Lipinski definition) is 2. The Labute approximate surface area is 96.0 Å². The molecule has 1 N–H and O–H groups in total. The van der Waals surface area contributed by atoms with Crippen molar-refractivity contribution in [1.29, 1.82) is 0 Å². The molecule has 0 spiro atoms. The fourth-order valence-corrected chi connectivity index (χ4v) is 1.93. The van der Waals surface area contributed by atoms with Crippen LogP contribution in [0.2, 0.25) is 0 Å². The molecule has 1 aliphatic heterocycles. The molecular formula is C11H20N2O3. The van der Waals surface area contributed by atoms with Gasteiger partial charge in [-0.1, -0.05) is 6.92 Å². The first kappa shape index (κ1) is 12.8. The monoisotopic (exact) mass is 228 g/mol. The van der Waals surface area contributed by atoms with Gasteiger partial charge in [-0.25, -0.2) is 4.79 Å². The number of aliphatic carboxylic acids is 1. The molecule has 0 aromatic heterocycles. The van der Waals surface area contributed by atoms with Gasteiger partial charge in [0, 0.05) is 26.2 Å². The molecule has 0 saturated carbocycles. The van der Waals surface area contributed by atoms with E-state index in [0.717, 1.165) is 19.5 Å². The summed E-state index contributed by atoms with van der Waals surface area (Å²) < 4.78 is 0. The van der Waals surface area contributed by atoms with Crippen LogP contribution >= 0.6 is 0 Å². The molecule has 1 aliphatic rings. The van der Waals surface area contributed by atoms with Crippen LogP contribution in [-0.2, 0) is 4.79 Å². The maximum absolute atomic E-state index is 12.0. The molecule has 0 radical (unpaired) electrons. The van der Waals surface area contributed by atoms with E-state index in [0.29, 0.717) is 19.0 Å². The summed E-state index contributed by atoms with van der Waals surface area (Å²) in [5.74, 6) is -0.303. The van der Waals surface area contributed by atoms with E-state index in [4.69, 9.17) is 5.11 Å². The summed E-state index contributed by atoms with van der Waals surface area (Å²) in [7, 11) is 0. The average Bonchev–Trinajstić information content (AvgIpc) is 2.65. The Hall–Kier alpha value is -1.26. The van der Waals surface area contributed by atoms with Crippen LogP contribution in [0.25, 0.3) is 0 Å². The summed E-state index contributed by atoms with van der Waals surface area (Å²) in [5, 5.41) is 8.60. The van der Waals surface area contributed by atoms with Gasteiger partial charge in [-0.2, -0.15) is 0 Å². The second-order valence-electron chi connectivity index (χ2n) is 4.35. The van der Waals surface area contributed by atoms with Gasteiger partial charge in [-0.05, 0) is 19.3 Å². The lowest BCUT2D eigenvalue weighted by molar-refractivity contribution is -0.137. The van der Waals surface area contributed by atoms with Crippen molar-refractivity contribution in [3.63, 3.8) is 0 Å². The second kappa shape index (κ2) is 5.72. The summed E-state index contributed by atoms with van der Waals surface area (Å²) >= 11 is 0. The quantitative estimate of drug-likeness (QED) is 0.787. The average molecular weight is 228 g/mol. The van der Waals surface area contributed by atoms with Crippen LogP contribution in [0.4, 0.5) is 4.79 Å². The van der Waals surface area contributed by atoms with Crippen LogP contribution in [0.3, 0.4) is 0 Å². The van der Waals surface area contributed by atoms with E-state index in [1.54, 1.807) is 4.90 Å². The molecule has 5 nitrogen and oxygen atoms in total. The minimum absolute atomic E-state index is 0.0168. The molecule has 16 heavy (non-hydrogen) atoms. The number of likely N-dealkylation sites (tertiary alicyclic amines) is 1. The summed E-state index contributed by atoms with van der Waals surface area (Å²) in [6.07, 6.45) is 1.06. The van der Waals surface area contributed by atoms with Gasteiger partial charge in [0.25, 0.3) is 0 Å². The third-order valence-electron chi connectivity index (χ3n) is 2.94. The van der Waals surface area contributed by atoms with Gasteiger partial charge in [0.05, 0.1) is 6.42 Å². The molecular weight excluding hydrogens is 208 g/mol. The number of amides is 2. The SMILES string of the molecule is CCN(CCC(=O)O)C(=O)N1CCC(C)C1. The fraction of sp³-hybridized carbons (Fsp3) is 0.818. The Morgan fingerprint density at radius 3 is 2.62 bits per heavy atom. The van der Waals surface area contributed by atoms with Crippen molar-refractivity contribution in [2.24, 2.45) is 5.92 Å². The van der Waals surface area contributed by atoms with Crippen molar-refractivity contribution in [3.8, 4) is 0 Å². The number of carbonyl (C=O) groups excluding carboxylic acids is 1. The number of urea groups is 1. The standard InChI is InChI=1S/C11H20N2O3/c1-3-12(7-5-10(14)15)11(16)13-6-4-9(2)8-13/h9H,3-8H2,1-2H3,(H,14,15). The Balaban J connectivity index is 2.45. The first-order valence-electron chi connectivity index (χ1n) is 5.80. The molecule has 1 fully saturated rings. The highest BCUT2D eigenvalue weighted by atomic mass is 16.4. The minimum Gasteiger partial charge on any atom is -0.481 e. The van der Waals surface area contributed by atoms with Crippen molar-refractivity contribution in [2.45, 2.75) is 26.7 Å². The van der Waals surface area contributed by atoms with Crippen LogP contribution in [0, 0.1) is 5.92 Å². The zero-order chi connectivity index (χ0) is 12.1. The zero-order valence-electron chi connectivity index (χ0n) is 9.98. The molecule has 1 saturated heterocycles. The van der Waals surface area contributed by atoms with Crippen molar-refractivity contribution in [3.05, 3.63) is 0 Å². The maximum atomic E-state index is 12.0. The van der Waals surface area contributed by atoms with Gasteiger partial charge >= 0.3 is 12.0 Å². The van der Waals surface area contributed by atoms with Crippen LogP contribution in [0.5, 0.6) is 0 Å². The second-order valence-corrected chi connectivity index (χ2v) is 4.35. The number of carbonyl (C=O) groups is 2. The first-order chi connectivity index (χ1) is 7.54. The Morgan fingerprint density at radius 2 is 2.19 bits per heavy atom. The minimum atomic E-state index is -0.860. The van der Waals surface area contributed by atoms with Crippen molar-refractivity contribution in [2.75, 3.05) is 26.2 Å². The van der Waals surface area contributed by atoms with E-state index < -0.39 is 5.97 Å². The van der Waals surface area contributed by atoms with Gasteiger partial charge in [-0.15, -0.1) is 0 Å². The molecule has 92 valence electrons. The number of nitrogens with zero attached hydrogens (tertiary/aromatic N) is 2. The summed E-state index contributed by atoms with van der Waals surface area (Å²) in [5.41, 5.74) is 0. The Bertz CT molecular complexity index is 268. The molecule has 1 heterocycles. The summed E-state index contributed by atoms with van der Waals surface area (Å²) in [6.45, 7) is 6.46. The van der Waals surface area contributed by atoms with Gasteiger partial charge in [0.15, 0.2) is 0 Å². The van der Waals surface area contributed by atoms with E-state index in [-0.39, 0.29) is 12.5 Å². The molecule has 1 rings (SSSR count). The highest BCUT2D eigenvalue weighted by molar-refractivity contribution is 5.75. The third kappa shape index (κ3) is 3.40. The lowest BCUT2D eigenvalue weighted by Gasteiger charge is -2.26. The van der Waals surface area contributed by atoms with Crippen LogP contribution in [0.1, 0.15) is 26.7 Å². The van der Waals surface area contributed by atoms with Gasteiger partial charge in [0.2, 0.25) is 0 Å². The summed E-state index contributed by atoms with van der Waals surface area (Å²) in [4.78, 5) is 25.9. The lowest BCUT2D eigenvalue weighted by Crippen LogP contribution is -2.42. The predicted molar refractivity (Wildman–Crippen MR) is 60.2 cm³/mol. The largest absolute Gasteiger partial charge is 0.481 e. The van der Waals surface area contributed by atoms with E-state index in [1.165, 1.54) is 0 Å². The Kier molecular flexibility index (Phi) is 4.58. The highest BCUT2D eigenvalue weighted by Gasteiger charge is 2.26. The van der Waals surface area contributed by atoms with E-state index >= 15 is 0 Å². The molecule has 0 bridgehead atoms. The molecule has 0 aromatic carbocycles. The van der Waals surface area contributed by atoms with Gasteiger partial charge < -0.3 is 14.9 Å². The predicted octanol–water partition coefficient (Wildman–Crippen LogP) is 1.24. The first-order valence-corrected chi connectivity index (χ1v) is 5.80. The Morgan fingerprint density at radius 1 is 1.50 bits per heavy atom. The fourth-order valence-electron chi connectivity index (χ4n) is 1.93. The van der Waals surface area contributed by atoms with E-state index in [1.807, 2.05) is 11.8 Å². The lowest BCUT2D eigenvalue weighted by atomic mass is 10.2. The molecule has 5 heteroatoms. The van der Waals surface area contributed by atoms with Crippen LogP contribution < -0.4 is 0 Å². The summed E-state index contributed by atoms with van der Waals surface area (Å²) in [6, 6.07) is -0.0203. The molecule has 0 aliphatic carbocycles.